The molecule has 2 unspecified atom stereocenters. The van der Waals surface area contributed by atoms with E-state index in [-0.39, 0.29) is 71.7 Å². The summed E-state index contributed by atoms with van der Waals surface area (Å²) < 4.78 is 43.4. The highest BCUT2D eigenvalue weighted by atomic mass is 127. The molecule has 4 aliphatic heterocycles. The molecule has 2 fully saturated rings. The van der Waals surface area contributed by atoms with Gasteiger partial charge < -0.3 is 21.7 Å². The molecule has 0 radical (unpaired) electrons. The van der Waals surface area contributed by atoms with Gasteiger partial charge in [0, 0.05) is 40.9 Å². The van der Waals surface area contributed by atoms with E-state index in [1.165, 1.54) is 12.1 Å². The zero-order chi connectivity index (χ0) is 53.1. The number of piperidine rings is 2. The first-order valence-electron chi connectivity index (χ1n) is 24.1. The maximum absolute atomic E-state index is 14.6. The van der Waals surface area contributed by atoms with E-state index in [4.69, 9.17) is 10.6 Å². The number of halogens is 4. The summed E-state index contributed by atoms with van der Waals surface area (Å²) in [5.74, 6) is -8.18. The van der Waals surface area contributed by atoms with Crippen molar-refractivity contribution >= 4 is 98.5 Å². The molecule has 4 aliphatic rings. The van der Waals surface area contributed by atoms with Gasteiger partial charge in [-0.1, -0.05) is 25.7 Å². The van der Waals surface area contributed by atoms with Gasteiger partial charge in [0.25, 0.3) is 29.5 Å². The van der Waals surface area contributed by atoms with Gasteiger partial charge >= 0.3 is 0 Å². The number of hydrogen-bond acceptors (Lipinski definition) is 14. The van der Waals surface area contributed by atoms with E-state index in [2.05, 4.69) is 32.1 Å². The Morgan fingerprint density at radius 3 is 1.66 bits per heavy atom. The number of carbonyl (C=O) groups is 9. The summed E-state index contributed by atoms with van der Waals surface area (Å²) in [6.45, 7) is 2.19. The predicted molar refractivity (Wildman–Crippen MR) is 271 cm³/mol. The van der Waals surface area contributed by atoms with Crippen molar-refractivity contribution in [1.82, 2.24) is 25.9 Å². The summed E-state index contributed by atoms with van der Waals surface area (Å²) in [6, 6.07) is 13.9. The van der Waals surface area contributed by atoms with Gasteiger partial charge in [0.15, 0.2) is 11.6 Å². The molecule has 0 spiro atoms. The van der Waals surface area contributed by atoms with Crippen LogP contribution in [0.4, 0.5) is 35.9 Å². The molecule has 8 rings (SSSR count). The Morgan fingerprint density at radius 1 is 0.622 bits per heavy atom. The van der Waals surface area contributed by atoms with Crippen LogP contribution < -0.4 is 37.8 Å². The molecule has 4 aromatic rings. The number of hydrogen-bond donors (Lipinski definition) is 7. The largest absolute Gasteiger partial charge is 0.385 e. The van der Waals surface area contributed by atoms with Crippen LogP contribution in [0.25, 0.3) is 0 Å². The quantitative estimate of drug-likeness (QED) is 0.0212. The first-order chi connectivity index (χ1) is 35.6. The number of fused-ring (bicyclic) bond motifs is 2. The van der Waals surface area contributed by atoms with Gasteiger partial charge in [-0.05, 0) is 134 Å². The van der Waals surface area contributed by atoms with Gasteiger partial charge in [0.2, 0.25) is 23.6 Å². The van der Waals surface area contributed by atoms with Gasteiger partial charge in [0.05, 0.1) is 45.8 Å². The van der Waals surface area contributed by atoms with Crippen LogP contribution >= 0.6 is 22.6 Å². The highest BCUT2D eigenvalue weighted by Crippen LogP contribution is 2.32. The standard InChI is InChI=1S/C34H33F3IN5O6.C17H20N4O4/c35-24-11-10-22(30(29(24)37)40-26-12-7-19(38)17-25(26)36)31(45)42-49-16-6-4-2-1-3-5-15-39-20-8-9-21-23(18-20)34(48)43(33(21)47)27-13-14-28(44)41-32(27)46;18-7-1-2-8-19-10-3-4-11-12(9-10)17(25)21(16(11)24)13-5-6-14(22)20-15(13)23/h7-12,17-18,27,39-40H,1-6,13-16H2,(H,42,45)(H,41,44,46);3-4,9,13,19H,1-2,5-8,18H2,(H,20,22,23). The second-order valence-electron chi connectivity index (χ2n) is 17.7. The van der Waals surface area contributed by atoms with Gasteiger partial charge in [0.1, 0.15) is 17.9 Å². The molecular formula is C51H53F3IN9O10. The summed E-state index contributed by atoms with van der Waals surface area (Å²) in [6.07, 6.45) is 7.36. The Labute approximate surface area is 436 Å². The van der Waals surface area contributed by atoms with E-state index < -0.39 is 82.5 Å². The molecule has 19 nitrogen and oxygen atoms in total. The number of amides is 9. The normalized spacial score (nSPS) is 17.1. The molecule has 9 amide bonds. The van der Waals surface area contributed by atoms with Crippen molar-refractivity contribution in [3.8, 4) is 0 Å². The lowest BCUT2D eigenvalue weighted by Crippen LogP contribution is -2.54. The molecule has 4 heterocycles. The number of imide groups is 4. The number of benzene rings is 4. The Kier molecular flexibility index (Phi) is 18.5. The second-order valence-corrected chi connectivity index (χ2v) is 18.9. The zero-order valence-corrected chi connectivity index (χ0v) is 42.0. The smallest absolute Gasteiger partial charge is 0.277 e. The molecule has 74 heavy (non-hydrogen) atoms. The maximum Gasteiger partial charge on any atom is 0.277 e. The van der Waals surface area contributed by atoms with Crippen molar-refractivity contribution in [3.63, 3.8) is 0 Å². The highest BCUT2D eigenvalue weighted by Gasteiger charge is 2.46. The van der Waals surface area contributed by atoms with Gasteiger partial charge in [-0.25, -0.2) is 18.7 Å². The van der Waals surface area contributed by atoms with Crippen molar-refractivity contribution < 1.29 is 61.2 Å². The van der Waals surface area contributed by atoms with E-state index in [1.807, 2.05) is 22.6 Å². The van der Waals surface area contributed by atoms with Crippen LogP contribution in [-0.4, -0.2) is 101 Å². The van der Waals surface area contributed by atoms with Gasteiger partial charge in [-0.3, -0.25) is 68.4 Å². The van der Waals surface area contributed by atoms with Crippen molar-refractivity contribution in [2.24, 2.45) is 5.73 Å². The van der Waals surface area contributed by atoms with E-state index in [1.54, 1.807) is 42.5 Å². The minimum absolute atomic E-state index is 0.0595. The zero-order valence-electron chi connectivity index (χ0n) is 39.9. The topological polar surface area (TPSA) is 268 Å². The molecule has 4 aromatic carbocycles. The lowest BCUT2D eigenvalue weighted by molar-refractivity contribution is -0.137. The average molecular weight is 1140 g/mol. The minimum Gasteiger partial charge on any atom is -0.385 e. The van der Waals surface area contributed by atoms with Crippen LogP contribution in [0.5, 0.6) is 0 Å². The Balaban J connectivity index is 0.000000267. The fourth-order valence-electron chi connectivity index (χ4n) is 8.66. The summed E-state index contributed by atoms with van der Waals surface area (Å²) in [4.78, 5) is 118. The number of anilines is 4. The number of rotatable bonds is 21. The maximum atomic E-state index is 14.6. The third-order valence-corrected chi connectivity index (χ3v) is 13.2. The van der Waals surface area contributed by atoms with Crippen LogP contribution in [0.3, 0.4) is 0 Å². The van der Waals surface area contributed by atoms with Gasteiger partial charge in [-0.15, -0.1) is 0 Å². The fraction of sp³-hybridized carbons (Fsp3) is 0.353. The molecule has 0 aromatic heterocycles. The van der Waals surface area contributed by atoms with Crippen molar-refractivity contribution in [1.29, 1.82) is 0 Å². The molecule has 8 N–H and O–H groups in total. The molecule has 390 valence electrons. The number of hydroxylamine groups is 1. The number of unbranched alkanes of at least 4 members (excludes halogenated alkanes) is 6. The fourth-order valence-corrected chi connectivity index (χ4v) is 9.12. The van der Waals surface area contributed by atoms with Crippen LogP contribution in [0, 0.1) is 21.0 Å². The molecule has 0 bridgehead atoms. The summed E-state index contributed by atoms with van der Waals surface area (Å²) in [7, 11) is 0. The van der Waals surface area contributed by atoms with Crippen LogP contribution in [-0.2, 0) is 24.0 Å². The van der Waals surface area contributed by atoms with E-state index >= 15 is 0 Å². The molecule has 0 aliphatic carbocycles. The average Bonchev–Trinajstić information content (AvgIpc) is 3.76. The Hall–Kier alpha value is -7.25. The number of carbonyl (C=O) groups excluding carboxylic acids is 9. The molecule has 0 saturated carbocycles. The summed E-state index contributed by atoms with van der Waals surface area (Å²) in [5, 5.41) is 13.3. The third kappa shape index (κ3) is 12.9. The number of nitrogens with one attached hydrogen (secondary N) is 6. The summed E-state index contributed by atoms with van der Waals surface area (Å²) in [5.41, 5.74) is 9.22. The van der Waals surface area contributed by atoms with Crippen molar-refractivity contribution in [3.05, 3.63) is 116 Å². The SMILES string of the molecule is NCCCCNc1ccc2c(c1)C(=O)N(C1CCC(=O)NC1=O)C2=O.O=C1CCC(N2C(=O)c3ccc(NCCCCCCCCONC(=O)c4ccc(F)c(F)c4Nc4ccc(I)cc4F)cc3C2=O)C(=O)N1. The van der Waals surface area contributed by atoms with Crippen molar-refractivity contribution in [2.75, 3.05) is 42.2 Å². The Morgan fingerprint density at radius 2 is 1.14 bits per heavy atom. The molecule has 2 saturated heterocycles. The van der Waals surface area contributed by atoms with Crippen LogP contribution in [0.15, 0.2) is 66.7 Å². The first-order valence-corrected chi connectivity index (χ1v) is 25.2. The van der Waals surface area contributed by atoms with Gasteiger partial charge in [-0.2, -0.15) is 0 Å². The van der Waals surface area contributed by atoms with Crippen LogP contribution in [0.2, 0.25) is 0 Å². The predicted octanol–water partition coefficient (Wildman–Crippen LogP) is 6.21. The molecule has 23 heteroatoms. The lowest BCUT2D eigenvalue weighted by atomic mass is 10.0. The number of nitrogens with zero attached hydrogens (tertiary/aromatic N) is 2. The van der Waals surface area contributed by atoms with E-state index in [0.29, 0.717) is 28.8 Å². The van der Waals surface area contributed by atoms with Crippen LogP contribution in [0.1, 0.15) is 129 Å². The molecule has 2 atom stereocenters. The Bertz CT molecular complexity index is 2890. The van der Waals surface area contributed by atoms with E-state index in [9.17, 15) is 56.3 Å². The number of nitrogens with two attached hydrogens (primary N) is 1. The first kappa shape index (κ1) is 54.5. The second kappa shape index (κ2) is 25.1. The summed E-state index contributed by atoms with van der Waals surface area (Å²) >= 11 is 1.91. The monoisotopic (exact) mass is 1140 g/mol. The highest BCUT2D eigenvalue weighted by molar-refractivity contribution is 14.1. The van der Waals surface area contributed by atoms with E-state index in [0.717, 1.165) is 79.1 Å². The molecular weight excluding hydrogens is 1080 g/mol. The lowest BCUT2D eigenvalue weighted by Gasteiger charge is -2.27. The minimum atomic E-state index is -1.32. The third-order valence-electron chi connectivity index (χ3n) is 12.5. The van der Waals surface area contributed by atoms with Crippen molar-refractivity contribution in [2.45, 2.75) is 89.1 Å².